The maximum absolute atomic E-state index is 2.47. The Morgan fingerprint density at radius 1 is 0.303 bits per heavy atom. The Bertz CT molecular complexity index is 4540. The highest BCUT2D eigenvalue weighted by atomic mass is 15.0. The van der Waals surface area contributed by atoms with Gasteiger partial charge in [0.1, 0.15) is 0 Å². The second-order valence-electron chi connectivity index (χ2n) is 22.1. The Hall–Kier alpha value is -9.24. The average molecular weight is 971 g/mol. The van der Waals surface area contributed by atoms with E-state index in [4.69, 9.17) is 0 Å². The highest BCUT2D eigenvalue weighted by Crippen LogP contribution is 2.53. The molecule has 0 saturated heterocycles. The van der Waals surface area contributed by atoms with Crippen LogP contribution in [0.25, 0.3) is 111 Å². The number of hydrogen-bond acceptors (Lipinski definition) is 0. The molecule has 0 unspecified atom stereocenters. The van der Waals surface area contributed by atoms with Gasteiger partial charge in [-0.3, -0.25) is 0 Å². The van der Waals surface area contributed by atoms with Crippen LogP contribution in [0, 0.1) is 0 Å². The molecule has 2 nitrogen and oxygen atoms in total. The third kappa shape index (κ3) is 6.66. The summed E-state index contributed by atoms with van der Waals surface area (Å²) in [5, 5.41) is 5.05. The molecule has 15 rings (SSSR count). The van der Waals surface area contributed by atoms with Crippen molar-refractivity contribution in [1.29, 1.82) is 0 Å². The molecule has 2 aliphatic carbocycles. The number of nitrogens with zero attached hydrogens (tertiary/aromatic N) is 2. The van der Waals surface area contributed by atoms with Gasteiger partial charge in [-0.2, -0.15) is 0 Å². The minimum atomic E-state index is -0.197. The standard InChI is InChI=1S/C74H54N2/c1-73(2)65-41-47(40-62(48-18-8-5-9-19-48)53-33-39-72-64(43-53)61-25-15-17-27-70(61)76(72)55-22-12-7-13-23-55)28-34-56(65)57-36-30-51(45-66(57)73)52-31-37-59-58-35-29-50(44-67(58)74(3,4)68(59)46-52)49-32-38-71-63(42-49)60-24-14-16-26-69(60)75(71)54-20-10-6-11-21-54/h5-46H,1-4H3/b62-40+. The van der Waals surface area contributed by atoms with Gasteiger partial charge in [-0.15, -0.1) is 0 Å². The van der Waals surface area contributed by atoms with Gasteiger partial charge >= 0.3 is 0 Å². The molecule has 2 heteroatoms. The maximum atomic E-state index is 2.47. The first-order valence-corrected chi connectivity index (χ1v) is 26.7. The van der Waals surface area contributed by atoms with E-state index < -0.39 is 0 Å². The van der Waals surface area contributed by atoms with Gasteiger partial charge in [-0.05, 0) is 174 Å². The summed E-state index contributed by atoms with van der Waals surface area (Å²) in [6.07, 6.45) is 2.40. The first-order chi connectivity index (χ1) is 37.2. The third-order valence-electron chi connectivity index (χ3n) is 17.1. The van der Waals surface area contributed by atoms with Gasteiger partial charge in [-0.25, -0.2) is 0 Å². The second kappa shape index (κ2) is 16.6. The van der Waals surface area contributed by atoms with E-state index in [2.05, 4.69) is 292 Å². The molecule has 0 spiro atoms. The smallest absolute Gasteiger partial charge is 0.0541 e. The van der Waals surface area contributed by atoms with Gasteiger partial charge in [-0.1, -0.05) is 198 Å². The minimum absolute atomic E-state index is 0.175. The van der Waals surface area contributed by atoms with Crippen LogP contribution < -0.4 is 0 Å². The van der Waals surface area contributed by atoms with Crippen molar-refractivity contribution in [1.82, 2.24) is 9.13 Å². The molecule has 0 fully saturated rings. The highest BCUT2D eigenvalue weighted by Gasteiger charge is 2.38. The van der Waals surface area contributed by atoms with Crippen LogP contribution in [-0.4, -0.2) is 9.13 Å². The quantitative estimate of drug-likeness (QED) is 0.141. The van der Waals surface area contributed by atoms with Crippen LogP contribution in [0.2, 0.25) is 0 Å². The summed E-state index contributed by atoms with van der Waals surface area (Å²) >= 11 is 0. The van der Waals surface area contributed by atoms with Gasteiger partial charge < -0.3 is 9.13 Å². The van der Waals surface area contributed by atoms with E-state index >= 15 is 0 Å². The number of benzene rings is 11. The molecule has 0 saturated carbocycles. The maximum Gasteiger partial charge on any atom is 0.0541 e. The summed E-state index contributed by atoms with van der Waals surface area (Å²) in [6.45, 7) is 9.62. The highest BCUT2D eigenvalue weighted by molar-refractivity contribution is 6.12. The van der Waals surface area contributed by atoms with E-state index in [9.17, 15) is 0 Å². The van der Waals surface area contributed by atoms with Crippen molar-refractivity contribution in [2.75, 3.05) is 0 Å². The molecule has 11 aromatic carbocycles. The minimum Gasteiger partial charge on any atom is -0.309 e. The lowest BCUT2D eigenvalue weighted by Crippen LogP contribution is -2.15. The lowest BCUT2D eigenvalue weighted by Gasteiger charge is -2.24. The summed E-state index contributed by atoms with van der Waals surface area (Å²) in [5.41, 5.74) is 27.5. The van der Waals surface area contributed by atoms with Crippen LogP contribution in [0.3, 0.4) is 0 Å². The predicted octanol–water partition coefficient (Wildman–Crippen LogP) is 19.4. The van der Waals surface area contributed by atoms with Crippen molar-refractivity contribution in [3.8, 4) is 55.9 Å². The summed E-state index contributed by atoms with van der Waals surface area (Å²) < 4.78 is 4.78. The lowest BCUT2D eigenvalue weighted by molar-refractivity contribution is 0.659. The predicted molar refractivity (Wildman–Crippen MR) is 321 cm³/mol. The molecule has 0 radical (unpaired) electrons. The zero-order chi connectivity index (χ0) is 50.9. The Kier molecular flexibility index (Phi) is 9.69. The van der Waals surface area contributed by atoms with Gasteiger partial charge in [0.25, 0.3) is 0 Å². The van der Waals surface area contributed by atoms with Crippen molar-refractivity contribution < 1.29 is 0 Å². The molecule has 2 aromatic heterocycles. The van der Waals surface area contributed by atoms with Crippen LogP contribution >= 0.6 is 0 Å². The molecule has 0 bridgehead atoms. The Morgan fingerprint density at radius 3 is 1.20 bits per heavy atom. The number of fused-ring (bicyclic) bond motifs is 12. The van der Waals surface area contributed by atoms with E-state index in [1.54, 1.807) is 0 Å². The summed E-state index contributed by atoms with van der Waals surface area (Å²) in [5.74, 6) is 0. The summed E-state index contributed by atoms with van der Waals surface area (Å²) in [6, 6.07) is 92.5. The summed E-state index contributed by atoms with van der Waals surface area (Å²) in [7, 11) is 0. The van der Waals surface area contributed by atoms with Crippen molar-refractivity contribution in [2.45, 2.75) is 38.5 Å². The molecule has 2 aliphatic rings. The van der Waals surface area contributed by atoms with Gasteiger partial charge in [0.2, 0.25) is 0 Å². The molecule has 0 amide bonds. The Labute approximate surface area is 444 Å². The fourth-order valence-corrected chi connectivity index (χ4v) is 13.2. The molecule has 360 valence electrons. The normalized spacial score (nSPS) is 14.1. The molecule has 13 aromatic rings. The molecule has 0 N–H and O–H groups in total. The van der Waals surface area contributed by atoms with Crippen LogP contribution in [-0.2, 0) is 10.8 Å². The fourth-order valence-electron chi connectivity index (χ4n) is 13.2. The van der Waals surface area contributed by atoms with Gasteiger partial charge in [0.15, 0.2) is 0 Å². The van der Waals surface area contributed by atoms with E-state index in [0.29, 0.717) is 0 Å². The number of para-hydroxylation sites is 4. The van der Waals surface area contributed by atoms with Crippen LogP contribution in [0.4, 0.5) is 0 Å². The zero-order valence-electron chi connectivity index (χ0n) is 43.1. The average Bonchev–Trinajstić information content (AvgIpc) is 4.14. The Balaban J connectivity index is 0.757. The molecule has 0 atom stereocenters. The molecule has 76 heavy (non-hydrogen) atoms. The summed E-state index contributed by atoms with van der Waals surface area (Å²) in [4.78, 5) is 0. The second-order valence-corrected chi connectivity index (χ2v) is 22.1. The van der Waals surface area contributed by atoms with Crippen molar-refractivity contribution in [3.05, 3.63) is 288 Å². The van der Waals surface area contributed by atoms with E-state index in [0.717, 1.165) is 0 Å². The van der Waals surface area contributed by atoms with Crippen LogP contribution in [0.1, 0.15) is 66.6 Å². The molecular weight excluding hydrogens is 917 g/mol. The van der Waals surface area contributed by atoms with Crippen molar-refractivity contribution in [2.24, 2.45) is 0 Å². The molecule has 2 heterocycles. The van der Waals surface area contributed by atoms with E-state index in [1.165, 1.54) is 144 Å². The number of aromatic nitrogens is 2. The number of rotatable bonds is 7. The van der Waals surface area contributed by atoms with Crippen molar-refractivity contribution in [3.63, 3.8) is 0 Å². The SMILES string of the molecule is CC1(C)c2cc(/C=C(\c3ccccc3)c3ccc4c(c3)c3ccccc3n4-c3ccccc3)ccc2-c2ccc(-c3ccc4c(c3)C(C)(C)c3cc(-c5ccc6c(c5)c5ccccc5n6-c5ccccc5)ccc3-4)cc21. The van der Waals surface area contributed by atoms with E-state index in [-0.39, 0.29) is 10.8 Å². The molecule has 0 aliphatic heterocycles. The van der Waals surface area contributed by atoms with Gasteiger partial charge in [0, 0.05) is 43.7 Å². The monoisotopic (exact) mass is 970 g/mol. The van der Waals surface area contributed by atoms with E-state index in [1.807, 2.05) is 0 Å². The fraction of sp³-hybridized carbons (Fsp3) is 0.0811. The molecular formula is C74H54N2. The first-order valence-electron chi connectivity index (χ1n) is 26.7. The third-order valence-corrected chi connectivity index (χ3v) is 17.1. The lowest BCUT2D eigenvalue weighted by atomic mass is 9.79. The topological polar surface area (TPSA) is 9.86 Å². The van der Waals surface area contributed by atoms with Gasteiger partial charge in [0.05, 0.1) is 22.1 Å². The van der Waals surface area contributed by atoms with Crippen molar-refractivity contribution >= 4 is 55.3 Å². The first kappa shape index (κ1) is 44.3. The number of hydrogen-bond donors (Lipinski definition) is 0. The zero-order valence-corrected chi connectivity index (χ0v) is 43.1. The van der Waals surface area contributed by atoms with Crippen LogP contribution in [0.15, 0.2) is 249 Å². The van der Waals surface area contributed by atoms with Crippen LogP contribution in [0.5, 0.6) is 0 Å². The Morgan fingerprint density at radius 2 is 0.684 bits per heavy atom. The largest absolute Gasteiger partial charge is 0.309 e.